The standard InChI is InChI=1S/C16H27O3P/c1-4-5-6-10-13-18-20(17,19-14-15(2)3)16-11-8-7-9-12-16/h7-9,11-12,15H,4-6,10,13-14H2,1-3H3. The summed E-state index contributed by atoms with van der Waals surface area (Å²) in [5, 5.41) is 0.649. The number of benzene rings is 1. The van der Waals surface area contributed by atoms with Gasteiger partial charge in [-0.1, -0.05) is 58.2 Å². The van der Waals surface area contributed by atoms with E-state index < -0.39 is 7.60 Å². The van der Waals surface area contributed by atoms with Gasteiger partial charge in [0.25, 0.3) is 0 Å². The molecule has 0 saturated heterocycles. The highest BCUT2D eigenvalue weighted by Gasteiger charge is 2.27. The first-order chi connectivity index (χ1) is 9.58. The van der Waals surface area contributed by atoms with Crippen molar-refractivity contribution in [2.45, 2.75) is 46.5 Å². The third kappa shape index (κ3) is 6.21. The molecule has 1 aromatic rings. The Kier molecular flexibility index (Phi) is 8.13. The van der Waals surface area contributed by atoms with E-state index in [1.165, 1.54) is 12.8 Å². The molecule has 0 saturated carbocycles. The van der Waals surface area contributed by atoms with Gasteiger partial charge in [0, 0.05) is 0 Å². The molecule has 0 heterocycles. The van der Waals surface area contributed by atoms with E-state index in [2.05, 4.69) is 6.92 Å². The fourth-order valence-electron chi connectivity index (χ4n) is 1.76. The first-order valence-corrected chi connectivity index (χ1v) is 9.07. The summed E-state index contributed by atoms with van der Waals surface area (Å²) < 4.78 is 24.2. The Balaban J connectivity index is 2.62. The number of hydrogen-bond donors (Lipinski definition) is 0. The van der Waals surface area contributed by atoms with E-state index in [0.717, 1.165) is 12.8 Å². The van der Waals surface area contributed by atoms with Gasteiger partial charge in [-0.2, -0.15) is 0 Å². The molecule has 0 bridgehead atoms. The zero-order chi connectivity index (χ0) is 14.8. The van der Waals surface area contributed by atoms with E-state index in [0.29, 0.717) is 24.4 Å². The highest BCUT2D eigenvalue weighted by molar-refractivity contribution is 7.62. The molecular formula is C16H27O3P. The minimum absolute atomic E-state index is 0.329. The molecular weight excluding hydrogens is 271 g/mol. The van der Waals surface area contributed by atoms with E-state index >= 15 is 0 Å². The Labute approximate surface area is 123 Å². The van der Waals surface area contributed by atoms with Gasteiger partial charge in [0.05, 0.1) is 18.5 Å². The Bertz CT molecular complexity index is 403. The molecule has 0 aliphatic carbocycles. The summed E-state index contributed by atoms with van der Waals surface area (Å²) in [7, 11) is -3.17. The molecule has 1 rings (SSSR count). The van der Waals surface area contributed by atoms with Gasteiger partial charge >= 0.3 is 7.60 Å². The van der Waals surface area contributed by atoms with Crippen molar-refractivity contribution in [1.29, 1.82) is 0 Å². The van der Waals surface area contributed by atoms with Crippen LogP contribution < -0.4 is 5.30 Å². The van der Waals surface area contributed by atoms with Gasteiger partial charge in [-0.25, -0.2) is 0 Å². The van der Waals surface area contributed by atoms with Gasteiger partial charge in [-0.05, 0) is 24.5 Å². The van der Waals surface area contributed by atoms with E-state index in [4.69, 9.17) is 9.05 Å². The van der Waals surface area contributed by atoms with Gasteiger partial charge in [-0.3, -0.25) is 4.57 Å². The molecule has 1 aromatic carbocycles. The molecule has 0 amide bonds. The lowest BCUT2D eigenvalue weighted by Gasteiger charge is -2.20. The summed E-state index contributed by atoms with van der Waals surface area (Å²) in [6, 6.07) is 9.25. The zero-order valence-electron chi connectivity index (χ0n) is 12.9. The molecule has 114 valence electrons. The average Bonchev–Trinajstić information content (AvgIpc) is 2.46. The summed E-state index contributed by atoms with van der Waals surface area (Å²) in [5.41, 5.74) is 0. The molecule has 0 aliphatic heterocycles. The molecule has 1 unspecified atom stereocenters. The maximum absolute atomic E-state index is 12.9. The van der Waals surface area contributed by atoms with Crippen molar-refractivity contribution in [2.75, 3.05) is 13.2 Å². The lowest BCUT2D eigenvalue weighted by molar-refractivity contribution is 0.192. The Hall–Kier alpha value is -0.630. The normalized spacial score (nSPS) is 14.4. The van der Waals surface area contributed by atoms with Crippen LogP contribution in [0.4, 0.5) is 0 Å². The number of hydrogen-bond acceptors (Lipinski definition) is 3. The summed E-state index contributed by atoms with van der Waals surface area (Å²) in [5.74, 6) is 0.329. The third-order valence-corrected chi connectivity index (χ3v) is 4.85. The predicted molar refractivity (Wildman–Crippen MR) is 84.6 cm³/mol. The Morgan fingerprint density at radius 1 is 1.05 bits per heavy atom. The quantitative estimate of drug-likeness (QED) is 0.461. The second kappa shape index (κ2) is 9.33. The van der Waals surface area contributed by atoms with Gasteiger partial charge in [0.1, 0.15) is 0 Å². The minimum Gasteiger partial charge on any atom is -0.305 e. The van der Waals surface area contributed by atoms with Gasteiger partial charge in [-0.15, -0.1) is 0 Å². The largest absolute Gasteiger partial charge is 0.361 e. The molecule has 0 aromatic heterocycles. The van der Waals surface area contributed by atoms with Crippen molar-refractivity contribution in [3.8, 4) is 0 Å². The second-order valence-corrected chi connectivity index (χ2v) is 7.44. The molecule has 0 radical (unpaired) electrons. The fraction of sp³-hybridized carbons (Fsp3) is 0.625. The monoisotopic (exact) mass is 298 g/mol. The maximum atomic E-state index is 12.9. The highest BCUT2D eigenvalue weighted by Crippen LogP contribution is 2.47. The first kappa shape index (κ1) is 17.4. The molecule has 3 nitrogen and oxygen atoms in total. The maximum Gasteiger partial charge on any atom is 0.361 e. The third-order valence-electron chi connectivity index (χ3n) is 2.91. The lowest BCUT2D eigenvalue weighted by atomic mass is 10.2. The van der Waals surface area contributed by atoms with Crippen LogP contribution in [-0.2, 0) is 13.6 Å². The first-order valence-electron chi connectivity index (χ1n) is 7.53. The molecule has 0 spiro atoms. The molecule has 0 aliphatic rings. The van der Waals surface area contributed by atoms with Gasteiger partial charge in [0.15, 0.2) is 0 Å². The summed E-state index contributed by atoms with van der Waals surface area (Å²) in [6.07, 6.45) is 4.40. The van der Waals surface area contributed by atoms with Gasteiger partial charge < -0.3 is 9.05 Å². The average molecular weight is 298 g/mol. The van der Waals surface area contributed by atoms with Crippen LogP contribution in [0, 0.1) is 5.92 Å². The predicted octanol–water partition coefficient (Wildman–Crippen LogP) is 4.77. The smallest absolute Gasteiger partial charge is 0.305 e. The number of unbranched alkanes of at least 4 members (excludes halogenated alkanes) is 3. The van der Waals surface area contributed by atoms with Crippen molar-refractivity contribution in [2.24, 2.45) is 5.92 Å². The molecule has 0 fully saturated rings. The number of rotatable bonds is 10. The van der Waals surface area contributed by atoms with Crippen LogP contribution in [0.2, 0.25) is 0 Å². The molecule has 1 atom stereocenters. The molecule has 4 heteroatoms. The van der Waals surface area contributed by atoms with Crippen molar-refractivity contribution in [3.63, 3.8) is 0 Å². The van der Waals surface area contributed by atoms with Crippen LogP contribution in [-0.4, -0.2) is 13.2 Å². The van der Waals surface area contributed by atoms with Crippen LogP contribution >= 0.6 is 7.60 Å². The summed E-state index contributed by atoms with van der Waals surface area (Å²) >= 11 is 0. The van der Waals surface area contributed by atoms with E-state index in [1.54, 1.807) is 0 Å². The van der Waals surface area contributed by atoms with Crippen molar-refractivity contribution >= 4 is 12.9 Å². The zero-order valence-corrected chi connectivity index (χ0v) is 13.8. The summed E-state index contributed by atoms with van der Waals surface area (Å²) in [4.78, 5) is 0. The SMILES string of the molecule is CCCCCCOP(=O)(OCC(C)C)c1ccccc1. The van der Waals surface area contributed by atoms with E-state index in [9.17, 15) is 4.57 Å². The second-order valence-electron chi connectivity index (χ2n) is 5.42. The van der Waals surface area contributed by atoms with Crippen LogP contribution in [0.15, 0.2) is 30.3 Å². The fourth-order valence-corrected chi connectivity index (χ4v) is 3.53. The topological polar surface area (TPSA) is 35.5 Å². The molecule has 20 heavy (non-hydrogen) atoms. The van der Waals surface area contributed by atoms with Crippen LogP contribution in [0.3, 0.4) is 0 Å². The summed E-state index contributed by atoms with van der Waals surface area (Å²) in [6.45, 7) is 7.18. The van der Waals surface area contributed by atoms with Crippen LogP contribution in [0.25, 0.3) is 0 Å². The van der Waals surface area contributed by atoms with Crippen molar-refractivity contribution < 1.29 is 13.6 Å². The highest BCUT2D eigenvalue weighted by atomic mass is 31.2. The van der Waals surface area contributed by atoms with Crippen LogP contribution in [0.5, 0.6) is 0 Å². The lowest BCUT2D eigenvalue weighted by Crippen LogP contribution is -2.13. The van der Waals surface area contributed by atoms with Crippen molar-refractivity contribution in [1.82, 2.24) is 0 Å². The Morgan fingerprint density at radius 2 is 1.75 bits per heavy atom. The van der Waals surface area contributed by atoms with Crippen molar-refractivity contribution in [3.05, 3.63) is 30.3 Å². The minimum atomic E-state index is -3.17. The molecule has 0 N–H and O–H groups in total. The van der Waals surface area contributed by atoms with Gasteiger partial charge in [0.2, 0.25) is 0 Å². The van der Waals surface area contributed by atoms with E-state index in [-0.39, 0.29) is 0 Å². The van der Waals surface area contributed by atoms with E-state index in [1.807, 2.05) is 44.2 Å². The van der Waals surface area contributed by atoms with Crippen LogP contribution in [0.1, 0.15) is 46.5 Å². The Morgan fingerprint density at radius 3 is 2.35 bits per heavy atom.